The Bertz CT molecular complexity index is 604. The van der Waals surface area contributed by atoms with E-state index in [9.17, 15) is 9.90 Å². The molecule has 25 heavy (non-hydrogen) atoms. The van der Waals surface area contributed by atoms with Crippen LogP contribution in [-0.2, 0) is 9.47 Å². The van der Waals surface area contributed by atoms with Crippen LogP contribution in [0.25, 0.3) is 5.57 Å². The second-order valence-corrected chi connectivity index (χ2v) is 7.26. The fourth-order valence-corrected chi connectivity index (χ4v) is 3.04. The minimum Gasteiger partial charge on any atom is -0.481 e. The van der Waals surface area contributed by atoms with Crippen LogP contribution < -0.4 is 0 Å². The number of hydrogen-bond donors (Lipinski definition) is 1. The average molecular weight is 347 g/mol. The van der Waals surface area contributed by atoms with Gasteiger partial charge in [0.15, 0.2) is 0 Å². The molecular formula is C20H29NO4. The highest BCUT2D eigenvalue weighted by Crippen LogP contribution is 2.31. The maximum Gasteiger partial charge on any atom is 0.410 e. The minimum absolute atomic E-state index is 0.00679. The molecule has 1 atom stereocenters. The third-order valence-corrected chi connectivity index (χ3v) is 4.11. The number of rotatable bonds is 5. The van der Waals surface area contributed by atoms with Gasteiger partial charge >= 0.3 is 6.09 Å². The van der Waals surface area contributed by atoms with E-state index >= 15 is 0 Å². The molecule has 1 N–H and O–H groups in total. The first-order valence-corrected chi connectivity index (χ1v) is 8.91. The molecule has 0 radical (unpaired) electrons. The summed E-state index contributed by atoms with van der Waals surface area (Å²) in [5.74, 6) is -0.0651. The van der Waals surface area contributed by atoms with E-state index in [1.807, 2.05) is 58.0 Å². The van der Waals surface area contributed by atoms with Crippen LogP contribution in [0.3, 0.4) is 0 Å². The molecule has 1 aromatic rings. The number of hydrogen-bond acceptors (Lipinski definition) is 4. The normalized spacial score (nSPS) is 18.7. The van der Waals surface area contributed by atoms with Crippen molar-refractivity contribution in [2.24, 2.45) is 0 Å². The highest BCUT2D eigenvalue weighted by molar-refractivity contribution is 5.71. The van der Waals surface area contributed by atoms with Gasteiger partial charge in [0, 0.05) is 24.6 Å². The van der Waals surface area contributed by atoms with Crippen LogP contribution in [0.5, 0.6) is 0 Å². The molecule has 1 saturated heterocycles. The molecule has 1 amide bonds. The maximum atomic E-state index is 12.5. The molecular weight excluding hydrogens is 318 g/mol. The lowest BCUT2D eigenvalue weighted by Crippen LogP contribution is -2.40. The van der Waals surface area contributed by atoms with E-state index in [-0.39, 0.29) is 18.1 Å². The summed E-state index contributed by atoms with van der Waals surface area (Å²) in [5.41, 5.74) is 1.11. The first-order chi connectivity index (χ1) is 11.8. The average Bonchev–Trinajstić information content (AvgIpc) is 3.00. The van der Waals surface area contributed by atoms with E-state index in [2.05, 4.69) is 0 Å². The molecule has 1 aliphatic heterocycles. The zero-order valence-electron chi connectivity index (χ0n) is 15.6. The quantitative estimate of drug-likeness (QED) is 0.782. The van der Waals surface area contributed by atoms with Crippen LogP contribution in [0.2, 0.25) is 0 Å². The van der Waals surface area contributed by atoms with Gasteiger partial charge in [-0.1, -0.05) is 30.3 Å². The van der Waals surface area contributed by atoms with Crippen molar-refractivity contribution in [1.82, 2.24) is 4.90 Å². The van der Waals surface area contributed by atoms with Gasteiger partial charge in [0.2, 0.25) is 0 Å². The monoisotopic (exact) mass is 347 g/mol. The summed E-state index contributed by atoms with van der Waals surface area (Å²) in [5, 5.41) is 10.4. The van der Waals surface area contributed by atoms with Crippen molar-refractivity contribution in [1.29, 1.82) is 0 Å². The Morgan fingerprint density at radius 3 is 2.56 bits per heavy atom. The molecule has 1 aromatic carbocycles. The molecule has 138 valence electrons. The lowest BCUT2D eigenvalue weighted by atomic mass is 9.98. The SMILES string of the molecule is CCO/C(O)=C(\CC1CCCN1C(=O)OC(C)(C)C)c1ccccc1. The van der Waals surface area contributed by atoms with Gasteiger partial charge in [0.05, 0.1) is 6.61 Å². The van der Waals surface area contributed by atoms with Gasteiger partial charge in [-0.05, 0) is 46.1 Å². The van der Waals surface area contributed by atoms with Crippen LogP contribution >= 0.6 is 0 Å². The minimum atomic E-state index is -0.518. The van der Waals surface area contributed by atoms with Gasteiger partial charge in [0.1, 0.15) is 5.60 Å². The highest BCUT2D eigenvalue weighted by atomic mass is 16.6. The number of ether oxygens (including phenoxy) is 2. The Kier molecular flexibility index (Phi) is 6.34. The van der Waals surface area contributed by atoms with Gasteiger partial charge in [-0.25, -0.2) is 4.79 Å². The van der Waals surface area contributed by atoms with Gasteiger partial charge in [-0.15, -0.1) is 0 Å². The summed E-state index contributed by atoms with van der Waals surface area (Å²) >= 11 is 0. The molecule has 0 aliphatic carbocycles. The molecule has 0 spiro atoms. The largest absolute Gasteiger partial charge is 0.481 e. The molecule has 1 fully saturated rings. The fourth-order valence-electron chi connectivity index (χ4n) is 3.04. The number of aliphatic hydroxyl groups excluding tert-OH is 1. The standard InChI is InChI=1S/C20H29NO4/c1-5-24-18(22)17(15-10-7-6-8-11-15)14-16-12-9-13-21(16)19(23)25-20(2,3)4/h6-8,10-11,16,22H,5,9,12-14H2,1-4H3/b18-17+. The highest BCUT2D eigenvalue weighted by Gasteiger charge is 2.33. The van der Waals surface area contributed by atoms with Crippen molar-refractivity contribution in [2.75, 3.05) is 13.2 Å². The number of aliphatic hydroxyl groups is 1. The molecule has 0 aromatic heterocycles. The lowest BCUT2D eigenvalue weighted by Gasteiger charge is -2.29. The molecule has 1 unspecified atom stereocenters. The molecule has 1 aliphatic rings. The van der Waals surface area contributed by atoms with Crippen molar-refractivity contribution in [3.05, 3.63) is 41.8 Å². The van der Waals surface area contributed by atoms with Crippen molar-refractivity contribution >= 4 is 11.7 Å². The summed E-state index contributed by atoms with van der Waals surface area (Å²) in [6.45, 7) is 8.51. The number of amides is 1. The number of benzene rings is 1. The Morgan fingerprint density at radius 2 is 1.96 bits per heavy atom. The number of nitrogens with zero attached hydrogens (tertiary/aromatic N) is 1. The van der Waals surface area contributed by atoms with E-state index in [0.717, 1.165) is 24.0 Å². The van der Waals surface area contributed by atoms with E-state index in [1.54, 1.807) is 4.90 Å². The molecule has 2 rings (SSSR count). The van der Waals surface area contributed by atoms with Crippen molar-refractivity contribution < 1.29 is 19.4 Å². The van der Waals surface area contributed by atoms with E-state index in [0.29, 0.717) is 19.6 Å². The summed E-state index contributed by atoms with van der Waals surface area (Å²) in [6, 6.07) is 9.66. The zero-order valence-corrected chi connectivity index (χ0v) is 15.6. The Morgan fingerprint density at radius 1 is 1.28 bits per heavy atom. The van der Waals surface area contributed by atoms with E-state index < -0.39 is 5.60 Å². The van der Waals surface area contributed by atoms with Crippen LogP contribution in [0.4, 0.5) is 4.79 Å². The Balaban J connectivity index is 2.20. The van der Waals surface area contributed by atoms with Crippen molar-refractivity contribution in [3.63, 3.8) is 0 Å². The molecule has 0 bridgehead atoms. The van der Waals surface area contributed by atoms with Crippen LogP contribution in [0, 0.1) is 0 Å². The summed E-state index contributed by atoms with van der Waals surface area (Å²) < 4.78 is 10.9. The number of carbonyl (C=O) groups excluding carboxylic acids is 1. The Hall–Kier alpha value is -2.17. The second kappa shape index (κ2) is 8.28. The zero-order chi connectivity index (χ0) is 18.4. The summed E-state index contributed by atoms with van der Waals surface area (Å²) in [7, 11) is 0. The molecule has 0 saturated carbocycles. The third kappa shape index (κ3) is 5.41. The number of likely N-dealkylation sites (tertiary alicyclic amines) is 1. The third-order valence-electron chi connectivity index (χ3n) is 4.11. The maximum absolute atomic E-state index is 12.5. The van der Waals surface area contributed by atoms with Crippen molar-refractivity contribution in [2.45, 2.75) is 58.6 Å². The molecule has 1 heterocycles. The number of carbonyl (C=O) groups is 1. The van der Waals surface area contributed by atoms with Gasteiger partial charge in [-0.3, -0.25) is 0 Å². The topological polar surface area (TPSA) is 59.0 Å². The summed E-state index contributed by atoms with van der Waals surface area (Å²) in [4.78, 5) is 14.3. The van der Waals surface area contributed by atoms with Gasteiger partial charge in [-0.2, -0.15) is 0 Å². The molecule has 5 heteroatoms. The van der Waals surface area contributed by atoms with Gasteiger partial charge < -0.3 is 19.5 Å². The van der Waals surface area contributed by atoms with E-state index in [4.69, 9.17) is 9.47 Å². The Labute approximate surface area is 150 Å². The summed E-state index contributed by atoms with van der Waals surface area (Å²) in [6.07, 6.45) is 2.06. The van der Waals surface area contributed by atoms with Gasteiger partial charge in [0.25, 0.3) is 5.95 Å². The predicted octanol–water partition coefficient (Wildman–Crippen LogP) is 4.74. The fraction of sp³-hybridized carbons (Fsp3) is 0.550. The van der Waals surface area contributed by atoms with E-state index in [1.165, 1.54) is 0 Å². The van der Waals surface area contributed by atoms with Crippen LogP contribution in [0.15, 0.2) is 36.3 Å². The lowest BCUT2D eigenvalue weighted by molar-refractivity contribution is 0.0227. The van der Waals surface area contributed by atoms with Crippen LogP contribution in [0.1, 0.15) is 52.5 Å². The first-order valence-electron chi connectivity index (χ1n) is 8.91. The van der Waals surface area contributed by atoms with Crippen LogP contribution in [-0.4, -0.2) is 40.9 Å². The smallest absolute Gasteiger partial charge is 0.410 e. The second-order valence-electron chi connectivity index (χ2n) is 7.26. The first kappa shape index (κ1) is 19.2. The van der Waals surface area contributed by atoms with Crippen molar-refractivity contribution in [3.8, 4) is 0 Å². The predicted molar refractivity (Wildman–Crippen MR) is 98.2 cm³/mol. The molecule has 5 nitrogen and oxygen atoms in total.